The predicted octanol–water partition coefficient (Wildman–Crippen LogP) is 3.63. The molecule has 0 N–H and O–H groups in total. The summed E-state index contributed by atoms with van der Waals surface area (Å²) in [6.45, 7) is 2.93. The number of hydrogen-bond donors (Lipinski definition) is 0. The normalized spacial score (nSPS) is 18.3. The minimum Gasteiger partial charge on any atom is -0.355 e. The Morgan fingerprint density at radius 2 is 2.04 bits per heavy atom. The molecule has 0 radical (unpaired) electrons. The van der Waals surface area contributed by atoms with Crippen molar-refractivity contribution < 1.29 is 13.2 Å². The SMILES string of the molecule is CN(C)CCCn1ccnc1[C@H]1CCCN(c2ncccc2C(F)(F)F)C1. The van der Waals surface area contributed by atoms with E-state index in [1.165, 1.54) is 12.3 Å². The van der Waals surface area contributed by atoms with Gasteiger partial charge in [-0.2, -0.15) is 13.2 Å². The summed E-state index contributed by atoms with van der Waals surface area (Å²) in [5, 5.41) is 0. The quantitative estimate of drug-likeness (QED) is 0.766. The number of nitrogens with zero attached hydrogens (tertiary/aromatic N) is 5. The maximum Gasteiger partial charge on any atom is 0.419 e. The molecule has 27 heavy (non-hydrogen) atoms. The van der Waals surface area contributed by atoms with E-state index in [1.807, 2.05) is 20.3 Å². The smallest absolute Gasteiger partial charge is 0.355 e. The second kappa shape index (κ2) is 8.29. The van der Waals surface area contributed by atoms with E-state index in [9.17, 15) is 13.2 Å². The molecule has 5 nitrogen and oxygen atoms in total. The van der Waals surface area contributed by atoms with E-state index in [0.29, 0.717) is 13.1 Å². The monoisotopic (exact) mass is 381 g/mol. The van der Waals surface area contributed by atoms with Crippen molar-refractivity contribution in [3.05, 3.63) is 42.1 Å². The van der Waals surface area contributed by atoms with Crippen LogP contribution < -0.4 is 4.90 Å². The summed E-state index contributed by atoms with van der Waals surface area (Å²) in [5.41, 5.74) is -0.667. The topological polar surface area (TPSA) is 37.2 Å². The molecule has 3 rings (SSSR count). The van der Waals surface area contributed by atoms with Crippen molar-refractivity contribution in [2.24, 2.45) is 0 Å². The second-order valence-corrected chi connectivity index (χ2v) is 7.29. The number of piperidine rings is 1. The summed E-state index contributed by atoms with van der Waals surface area (Å²) in [4.78, 5) is 12.5. The zero-order valence-corrected chi connectivity index (χ0v) is 15.8. The van der Waals surface area contributed by atoms with Gasteiger partial charge in [0.2, 0.25) is 0 Å². The first-order valence-corrected chi connectivity index (χ1v) is 9.29. The fourth-order valence-corrected chi connectivity index (χ4v) is 3.68. The zero-order chi connectivity index (χ0) is 19.4. The molecule has 1 fully saturated rings. The fourth-order valence-electron chi connectivity index (χ4n) is 3.68. The summed E-state index contributed by atoms with van der Waals surface area (Å²) in [7, 11) is 4.08. The Morgan fingerprint density at radius 1 is 1.22 bits per heavy atom. The largest absolute Gasteiger partial charge is 0.419 e. The first kappa shape index (κ1) is 19.7. The number of alkyl halides is 3. The summed E-state index contributed by atoms with van der Waals surface area (Å²) in [6.07, 6.45) is 3.53. The van der Waals surface area contributed by atoms with E-state index in [4.69, 9.17) is 0 Å². The number of aryl methyl sites for hydroxylation is 1. The van der Waals surface area contributed by atoms with E-state index in [-0.39, 0.29) is 11.7 Å². The average molecular weight is 381 g/mol. The molecule has 2 aromatic rings. The van der Waals surface area contributed by atoms with Crippen LogP contribution in [0.15, 0.2) is 30.7 Å². The summed E-state index contributed by atoms with van der Waals surface area (Å²) >= 11 is 0. The Kier molecular flexibility index (Phi) is 6.04. The van der Waals surface area contributed by atoms with Crippen molar-refractivity contribution in [1.82, 2.24) is 19.4 Å². The standard InChI is InChI=1S/C19H26F3N5/c1-25(2)10-5-12-26-13-9-24-17(26)15-6-4-11-27(14-15)18-16(19(20,21)22)7-3-8-23-18/h3,7-9,13,15H,4-6,10-12,14H2,1-2H3/t15-/m0/s1. The third kappa shape index (κ3) is 4.80. The van der Waals surface area contributed by atoms with Crippen molar-refractivity contribution in [2.75, 3.05) is 38.6 Å². The van der Waals surface area contributed by atoms with Crippen LogP contribution in [0.3, 0.4) is 0 Å². The lowest BCUT2D eigenvalue weighted by Gasteiger charge is -2.34. The number of imidazole rings is 1. The lowest BCUT2D eigenvalue weighted by Crippen LogP contribution is -2.37. The highest BCUT2D eigenvalue weighted by atomic mass is 19.4. The van der Waals surface area contributed by atoms with Gasteiger partial charge in [0.25, 0.3) is 0 Å². The molecule has 0 bridgehead atoms. The highest BCUT2D eigenvalue weighted by molar-refractivity contribution is 5.49. The van der Waals surface area contributed by atoms with Crippen LogP contribution in [0.1, 0.15) is 36.6 Å². The fraction of sp³-hybridized carbons (Fsp3) is 0.579. The number of rotatable bonds is 6. The van der Waals surface area contributed by atoms with Gasteiger partial charge in [-0.25, -0.2) is 9.97 Å². The molecule has 0 spiro atoms. The molecule has 148 valence electrons. The average Bonchev–Trinajstić information content (AvgIpc) is 3.09. The van der Waals surface area contributed by atoms with E-state index < -0.39 is 11.7 Å². The molecule has 8 heteroatoms. The molecule has 1 aliphatic rings. The van der Waals surface area contributed by atoms with E-state index in [1.54, 1.807) is 11.1 Å². The highest BCUT2D eigenvalue weighted by Gasteiger charge is 2.37. The molecule has 2 aromatic heterocycles. The maximum atomic E-state index is 13.4. The third-order valence-corrected chi connectivity index (χ3v) is 4.93. The number of hydrogen-bond acceptors (Lipinski definition) is 4. The number of pyridine rings is 1. The summed E-state index contributed by atoms with van der Waals surface area (Å²) < 4.78 is 42.2. The van der Waals surface area contributed by atoms with Gasteiger partial charge in [-0.1, -0.05) is 0 Å². The van der Waals surface area contributed by atoms with E-state index in [0.717, 1.165) is 44.2 Å². The molecule has 0 aliphatic carbocycles. The Balaban J connectivity index is 1.76. The molecular weight excluding hydrogens is 355 g/mol. The third-order valence-electron chi connectivity index (χ3n) is 4.93. The summed E-state index contributed by atoms with van der Waals surface area (Å²) in [6, 6.07) is 2.44. The Morgan fingerprint density at radius 3 is 2.78 bits per heavy atom. The predicted molar refractivity (Wildman–Crippen MR) is 98.8 cm³/mol. The first-order chi connectivity index (χ1) is 12.9. The Hall–Kier alpha value is -2.09. The van der Waals surface area contributed by atoms with Crippen LogP contribution in [0.5, 0.6) is 0 Å². The van der Waals surface area contributed by atoms with Crippen molar-refractivity contribution in [1.29, 1.82) is 0 Å². The molecule has 1 aliphatic heterocycles. The van der Waals surface area contributed by atoms with Gasteiger partial charge in [0, 0.05) is 44.1 Å². The van der Waals surface area contributed by atoms with Crippen LogP contribution >= 0.6 is 0 Å². The van der Waals surface area contributed by atoms with E-state index >= 15 is 0 Å². The van der Waals surface area contributed by atoms with Gasteiger partial charge < -0.3 is 14.4 Å². The molecule has 0 saturated carbocycles. The summed E-state index contributed by atoms with van der Waals surface area (Å²) in [5.74, 6) is 1.10. The molecule has 1 atom stereocenters. The van der Waals surface area contributed by atoms with Gasteiger partial charge in [-0.3, -0.25) is 0 Å². The Labute approximate surface area is 157 Å². The van der Waals surface area contributed by atoms with Crippen LogP contribution in [0.25, 0.3) is 0 Å². The molecular formula is C19H26F3N5. The van der Waals surface area contributed by atoms with Gasteiger partial charge in [0.15, 0.2) is 0 Å². The van der Waals surface area contributed by atoms with Gasteiger partial charge in [0.1, 0.15) is 11.6 Å². The van der Waals surface area contributed by atoms with Gasteiger partial charge in [-0.05, 0) is 52.0 Å². The van der Waals surface area contributed by atoms with Gasteiger partial charge in [0.05, 0.1) is 5.56 Å². The van der Waals surface area contributed by atoms with Crippen LogP contribution in [0.4, 0.5) is 19.0 Å². The van der Waals surface area contributed by atoms with Crippen molar-refractivity contribution in [3.63, 3.8) is 0 Å². The zero-order valence-electron chi connectivity index (χ0n) is 15.8. The lowest BCUT2D eigenvalue weighted by atomic mass is 9.96. The van der Waals surface area contributed by atoms with Crippen molar-refractivity contribution in [2.45, 2.75) is 37.9 Å². The van der Waals surface area contributed by atoms with Gasteiger partial charge in [-0.15, -0.1) is 0 Å². The second-order valence-electron chi connectivity index (χ2n) is 7.29. The van der Waals surface area contributed by atoms with Crippen LogP contribution in [-0.2, 0) is 12.7 Å². The van der Waals surface area contributed by atoms with Crippen LogP contribution in [0.2, 0.25) is 0 Å². The first-order valence-electron chi connectivity index (χ1n) is 9.29. The lowest BCUT2D eigenvalue weighted by molar-refractivity contribution is -0.137. The van der Waals surface area contributed by atoms with Gasteiger partial charge >= 0.3 is 6.18 Å². The van der Waals surface area contributed by atoms with E-state index in [2.05, 4.69) is 19.4 Å². The Bertz CT molecular complexity index is 741. The molecule has 3 heterocycles. The van der Waals surface area contributed by atoms with Crippen LogP contribution in [0, 0.1) is 0 Å². The molecule has 0 unspecified atom stereocenters. The maximum absolute atomic E-state index is 13.4. The minimum atomic E-state index is -4.40. The minimum absolute atomic E-state index is 0.0282. The number of halogens is 3. The van der Waals surface area contributed by atoms with Crippen molar-refractivity contribution in [3.8, 4) is 0 Å². The molecule has 1 saturated heterocycles. The molecule has 0 amide bonds. The molecule has 0 aromatic carbocycles. The number of anilines is 1. The number of aromatic nitrogens is 3. The highest BCUT2D eigenvalue weighted by Crippen LogP contribution is 2.37. The van der Waals surface area contributed by atoms with Crippen molar-refractivity contribution >= 4 is 5.82 Å². The van der Waals surface area contributed by atoms with Crippen LogP contribution in [-0.4, -0.2) is 53.2 Å².